The van der Waals surface area contributed by atoms with Crippen LogP contribution in [0.5, 0.6) is 0 Å². The Hall–Kier alpha value is -2.26. The minimum Gasteiger partial charge on any atom is -0.256 e. The molecule has 0 saturated carbocycles. The van der Waals surface area contributed by atoms with E-state index in [2.05, 4.69) is 9.97 Å². The summed E-state index contributed by atoms with van der Waals surface area (Å²) in [6, 6.07) is 8.88. The van der Waals surface area contributed by atoms with Crippen LogP contribution in [-0.4, -0.2) is 9.97 Å². The van der Waals surface area contributed by atoms with Gasteiger partial charge in [0.25, 0.3) is 0 Å². The van der Waals surface area contributed by atoms with Crippen molar-refractivity contribution in [3.63, 3.8) is 0 Å². The molecular weight excluding hydrogens is 276 g/mol. The first kappa shape index (κ1) is 6.67. The molecule has 0 radical (unpaired) electrons. The fourth-order valence-corrected chi connectivity index (χ4v) is 2.56. The van der Waals surface area contributed by atoms with E-state index in [9.17, 15) is 0 Å². The Kier molecular flexibility index (Phi) is 1.91. The summed E-state index contributed by atoms with van der Waals surface area (Å²) in [6.07, 6.45) is -0.580. The molecule has 0 unspecified atom stereocenters. The Morgan fingerprint density at radius 2 is 2.05 bits per heavy atom. The van der Waals surface area contributed by atoms with Gasteiger partial charge in [-0.05, 0) is 31.4 Å². The molecule has 0 aliphatic heterocycles. The van der Waals surface area contributed by atoms with Crippen molar-refractivity contribution in [2.45, 2.75) is 13.7 Å². The zero-order valence-electron chi connectivity index (χ0n) is 19.8. The predicted molar refractivity (Wildman–Crippen MR) is 90.0 cm³/mol. The van der Waals surface area contributed by atoms with E-state index in [1.54, 1.807) is 35.7 Å². The summed E-state index contributed by atoms with van der Waals surface area (Å²) in [6.45, 7) is -5.08. The van der Waals surface area contributed by atoms with Gasteiger partial charge in [-0.3, -0.25) is 4.98 Å². The molecule has 0 aliphatic rings. The van der Waals surface area contributed by atoms with Crippen molar-refractivity contribution in [1.82, 2.24) is 9.97 Å². The molecule has 2 nitrogen and oxygen atoms in total. The fourth-order valence-electron chi connectivity index (χ4n) is 1.71. The van der Waals surface area contributed by atoms with Gasteiger partial charge in [-0.1, -0.05) is 36.4 Å². The second kappa shape index (κ2) is 6.02. The fraction of sp³-hybridized carbons (Fsp3) is 0.111. The predicted octanol–water partition coefficient (Wildman–Crippen LogP) is 5.10. The van der Waals surface area contributed by atoms with Gasteiger partial charge in [0.15, 0.2) is 0 Å². The Balaban J connectivity index is 2.26. The molecule has 3 aromatic heterocycles. The van der Waals surface area contributed by atoms with Gasteiger partial charge in [-0.2, -0.15) is 0 Å². The average molecular weight is 301 g/mol. The maximum atomic E-state index is 8.22. The van der Waals surface area contributed by atoms with Gasteiger partial charge >= 0.3 is 0 Å². The van der Waals surface area contributed by atoms with Crippen LogP contribution in [0.3, 0.4) is 0 Å². The summed E-state index contributed by atoms with van der Waals surface area (Å²) in [7, 11) is 0. The summed E-state index contributed by atoms with van der Waals surface area (Å²) >= 11 is 1.12. The van der Waals surface area contributed by atoms with Crippen LogP contribution < -0.4 is 0 Å². The minimum absolute atomic E-state index is 0.00873. The normalized spacial score (nSPS) is 17.8. The molecule has 0 N–H and O–H groups in total. The van der Waals surface area contributed by atoms with Crippen LogP contribution in [0.25, 0.3) is 21.5 Å². The monoisotopic (exact) mass is 301 g/mol. The molecule has 21 heavy (non-hydrogen) atoms. The number of hydrogen-bond donors (Lipinski definition) is 0. The molecule has 3 rings (SSSR count). The van der Waals surface area contributed by atoms with Crippen LogP contribution in [0.4, 0.5) is 0 Å². The number of hydrogen-bond acceptors (Lipinski definition) is 3. The van der Waals surface area contributed by atoms with Gasteiger partial charge in [-0.25, -0.2) is 4.98 Å². The van der Waals surface area contributed by atoms with E-state index in [0.29, 0.717) is 15.8 Å². The Morgan fingerprint density at radius 3 is 2.95 bits per heavy atom. The Labute approximate surface area is 141 Å². The SMILES string of the molecule is [2H]c1nc(-c2ccccc3ccc(C([2H])([2H])[2H])nc3sc2)c([2H])c([2H])c1C([2H])([2H])[2H]. The molecule has 104 valence electrons. The number of nitrogens with zero attached hydrogens (tertiary/aromatic N) is 2. The third-order valence-electron chi connectivity index (χ3n) is 2.71. The smallest absolute Gasteiger partial charge is 0.123 e. The number of aromatic nitrogens is 2. The highest BCUT2D eigenvalue weighted by Crippen LogP contribution is 2.20. The van der Waals surface area contributed by atoms with Crippen LogP contribution >= 0.6 is 11.3 Å². The van der Waals surface area contributed by atoms with Gasteiger partial charge in [0.1, 0.15) is 4.83 Å². The molecule has 0 fully saturated rings. The first-order valence-corrected chi connectivity index (χ1v) is 6.99. The van der Waals surface area contributed by atoms with Crippen molar-refractivity contribution in [2.24, 2.45) is 0 Å². The average Bonchev–Trinajstić information content (AvgIpc) is 2.72. The van der Waals surface area contributed by atoms with Gasteiger partial charge in [0.05, 0.1) is 9.81 Å². The molecule has 0 saturated heterocycles. The third-order valence-corrected chi connectivity index (χ3v) is 3.63. The lowest BCUT2D eigenvalue weighted by molar-refractivity contribution is 1.27. The number of aryl methyl sites for hydroxylation is 1. The second-order valence-electron chi connectivity index (χ2n) is 4.20. The topological polar surface area (TPSA) is 25.8 Å². The van der Waals surface area contributed by atoms with Crippen LogP contribution in [0, 0.1) is 13.7 Å². The van der Waals surface area contributed by atoms with E-state index in [4.69, 9.17) is 12.3 Å². The van der Waals surface area contributed by atoms with Gasteiger partial charge in [0, 0.05) is 36.4 Å². The largest absolute Gasteiger partial charge is 0.256 e. The summed E-state index contributed by atoms with van der Waals surface area (Å²) in [5.74, 6) is 0. The van der Waals surface area contributed by atoms with E-state index in [-0.39, 0.29) is 11.4 Å². The van der Waals surface area contributed by atoms with Crippen molar-refractivity contribution in [1.29, 1.82) is 0 Å². The standard InChI is InChI=1S/C18H16N2S/c1-13-7-10-17(19-11-13)16-6-4-3-5-15-9-8-14(2)20-18(15)21-12-16/h3-12H,1-2H3/i1D3,2D3,7D,10D,11D. The maximum absolute atomic E-state index is 8.22. The van der Waals surface area contributed by atoms with Crippen molar-refractivity contribution >= 4 is 21.6 Å². The van der Waals surface area contributed by atoms with E-state index < -0.39 is 37.5 Å². The molecule has 0 atom stereocenters. The molecule has 3 aromatic rings. The molecular formula is C18H16N2S. The molecule has 3 heterocycles. The summed E-state index contributed by atoms with van der Waals surface area (Å²) in [4.78, 5) is 8.63. The molecule has 3 heteroatoms. The van der Waals surface area contributed by atoms with Gasteiger partial charge in [0.2, 0.25) is 0 Å². The summed E-state index contributed by atoms with van der Waals surface area (Å²) in [5.41, 5.74) is -0.244. The highest BCUT2D eigenvalue weighted by atomic mass is 32.1. The lowest BCUT2D eigenvalue weighted by atomic mass is 10.2. The van der Waals surface area contributed by atoms with Crippen molar-refractivity contribution in [3.05, 3.63) is 71.3 Å². The van der Waals surface area contributed by atoms with Crippen molar-refractivity contribution in [2.75, 3.05) is 0 Å². The quantitative estimate of drug-likeness (QED) is 0.625. The van der Waals surface area contributed by atoms with Crippen LogP contribution in [0.2, 0.25) is 0 Å². The van der Waals surface area contributed by atoms with Crippen molar-refractivity contribution in [3.8, 4) is 11.3 Å². The maximum Gasteiger partial charge on any atom is 0.123 e. The highest BCUT2D eigenvalue weighted by Gasteiger charge is 1.98. The minimum atomic E-state index is -2.72. The Morgan fingerprint density at radius 1 is 1.10 bits per heavy atom. The zero-order chi connectivity index (χ0) is 22.3. The number of rotatable bonds is 1. The zero-order valence-corrected chi connectivity index (χ0v) is 11.7. The molecule has 0 aliphatic carbocycles. The second-order valence-corrected chi connectivity index (χ2v) is 5.06. The van der Waals surface area contributed by atoms with Crippen LogP contribution in [-0.2, 0) is 0 Å². The number of fused-ring (bicyclic) bond motifs is 1. The van der Waals surface area contributed by atoms with E-state index >= 15 is 0 Å². The van der Waals surface area contributed by atoms with Gasteiger partial charge in [-0.15, -0.1) is 11.3 Å². The lowest BCUT2D eigenvalue weighted by Gasteiger charge is -1.98. The van der Waals surface area contributed by atoms with Gasteiger partial charge < -0.3 is 0 Å². The molecule has 0 bridgehead atoms. The van der Waals surface area contributed by atoms with E-state index in [1.165, 1.54) is 6.07 Å². The van der Waals surface area contributed by atoms with E-state index in [1.807, 2.05) is 0 Å². The molecule has 0 spiro atoms. The lowest BCUT2D eigenvalue weighted by Crippen LogP contribution is -1.81. The molecule has 0 amide bonds. The van der Waals surface area contributed by atoms with Crippen molar-refractivity contribution < 1.29 is 12.3 Å². The Bertz CT molecular complexity index is 1160. The summed E-state index contributed by atoms with van der Waals surface area (Å²) in [5, 5.41) is 2.29. The molecule has 0 aromatic carbocycles. The summed E-state index contributed by atoms with van der Waals surface area (Å²) < 4.78 is 69.3. The van der Waals surface area contributed by atoms with Crippen LogP contribution in [0.1, 0.15) is 23.6 Å². The highest BCUT2D eigenvalue weighted by molar-refractivity contribution is 7.16. The number of pyridine rings is 2. The first-order valence-electron chi connectivity index (χ1n) is 10.6. The third kappa shape index (κ3) is 3.26. The van der Waals surface area contributed by atoms with Crippen LogP contribution in [0.15, 0.2) is 60.0 Å². The van der Waals surface area contributed by atoms with E-state index in [0.717, 1.165) is 11.3 Å². The first-order chi connectivity index (χ1) is 13.9.